The van der Waals surface area contributed by atoms with E-state index in [1.807, 2.05) is 0 Å². The number of rotatable bonds is 3. The van der Waals surface area contributed by atoms with Gasteiger partial charge in [-0.15, -0.1) is 0 Å². The van der Waals surface area contributed by atoms with Crippen LogP contribution in [0.15, 0.2) is 24.5 Å². The maximum atomic E-state index is 10.4. The highest BCUT2D eigenvalue weighted by molar-refractivity contribution is 5.13. The minimum absolute atomic E-state index is 0.160. The molecular formula is C11H16N2O6. The molecule has 2 rings (SSSR count). The Labute approximate surface area is 108 Å². The van der Waals surface area contributed by atoms with Gasteiger partial charge in [-0.2, -0.15) is 4.90 Å². The molecule has 0 bridgehead atoms. The Morgan fingerprint density at radius 2 is 1.95 bits per heavy atom. The van der Waals surface area contributed by atoms with Crippen LogP contribution in [0.5, 0.6) is 0 Å². The fourth-order valence-electron chi connectivity index (χ4n) is 2.38. The van der Waals surface area contributed by atoms with Crippen LogP contribution in [0.25, 0.3) is 0 Å². The predicted molar refractivity (Wildman–Crippen MR) is 60.8 cm³/mol. The molecule has 1 saturated heterocycles. The maximum absolute atomic E-state index is 10.4. The van der Waals surface area contributed by atoms with Gasteiger partial charge in [-0.1, -0.05) is 6.07 Å². The highest BCUT2D eigenvalue weighted by atomic mass is 16.7. The second-order valence-corrected chi connectivity index (χ2v) is 4.87. The fraction of sp³-hybridized carbons (Fsp3) is 0.545. The van der Waals surface area contributed by atoms with Crippen molar-refractivity contribution in [2.75, 3.05) is 6.54 Å². The van der Waals surface area contributed by atoms with E-state index in [1.54, 1.807) is 12.1 Å². The molecule has 1 aromatic rings. The molecule has 19 heavy (non-hydrogen) atoms. The molecule has 8 nitrogen and oxygen atoms in total. The quantitative estimate of drug-likeness (QED) is 0.327. The van der Waals surface area contributed by atoms with Crippen molar-refractivity contribution in [1.29, 1.82) is 0 Å². The third kappa shape index (κ3) is 3.07. The summed E-state index contributed by atoms with van der Waals surface area (Å²) in [7, 11) is 0. The van der Waals surface area contributed by atoms with E-state index >= 15 is 0 Å². The molecule has 1 aliphatic rings. The molecular weight excluding hydrogens is 256 g/mol. The molecule has 6 N–H and O–H groups in total. The van der Waals surface area contributed by atoms with Gasteiger partial charge in [0.2, 0.25) is 0 Å². The molecule has 0 radical (unpaired) electrons. The summed E-state index contributed by atoms with van der Waals surface area (Å²) in [4.78, 5) is 4.25. The molecule has 1 aliphatic heterocycles. The average molecular weight is 272 g/mol. The van der Waals surface area contributed by atoms with Crippen LogP contribution in [0.3, 0.4) is 0 Å². The first-order chi connectivity index (χ1) is 8.62. The van der Waals surface area contributed by atoms with Gasteiger partial charge >= 0.3 is 6.10 Å². The number of aromatic nitrogens is 1. The zero-order valence-electron chi connectivity index (χ0n) is 10.0. The maximum Gasteiger partial charge on any atom is 0.348 e. The lowest BCUT2D eigenvalue weighted by molar-refractivity contribution is -0.423. The summed E-state index contributed by atoms with van der Waals surface area (Å²) in [6, 6.07) is 3.25. The monoisotopic (exact) mass is 272 g/mol. The number of hydrogen-bond donors (Lipinski definition) is 6. The lowest BCUT2D eigenvalue weighted by Gasteiger charge is -2.37. The van der Waals surface area contributed by atoms with Gasteiger partial charge in [0.25, 0.3) is 0 Å². The van der Waals surface area contributed by atoms with Gasteiger partial charge in [0.05, 0.1) is 6.54 Å². The molecule has 2 heterocycles. The number of likely N-dealkylation sites (tertiary alicyclic amines) is 1. The van der Waals surface area contributed by atoms with Crippen LogP contribution in [0, 0.1) is 0 Å². The Morgan fingerprint density at radius 1 is 1.26 bits per heavy atom. The molecule has 106 valence electrons. The van der Waals surface area contributed by atoms with Crippen LogP contribution in [0.4, 0.5) is 0 Å². The van der Waals surface area contributed by atoms with Gasteiger partial charge in [-0.25, -0.2) is 0 Å². The van der Waals surface area contributed by atoms with Crippen molar-refractivity contribution in [3.05, 3.63) is 30.1 Å². The molecule has 1 unspecified atom stereocenters. The molecule has 0 aliphatic carbocycles. The summed E-state index contributed by atoms with van der Waals surface area (Å²) in [5, 5.41) is 57.1. The van der Waals surface area contributed by atoms with Gasteiger partial charge in [0.15, 0.2) is 5.79 Å². The Kier molecular flexibility index (Phi) is 3.35. The van der Waals surface area contributed by atoms with Crippen LogP contribution in [-0.2, 0) is 6.42 Å². The third-order valence-corrected chi connectivity index (χ3v) is 3.05. The van der Waals surface area contributed by atoms with E-state index in [4.69, 9.17) is 0 Å². The highest BCUT2D eigenvalue weighted by Crippen LogP contribution is 2.37. The van der Waals surface area contributed by atoms with E-state index in [0.29, 0.717) is 10.5 Å². The first-order valence-corrected chi connectivity index (χ1v) is 5.63. The molecule has 0 saturated carbocycles. The summed E-state index contributed by atoms with van der Waals surface area (Å²) >= 11 is 0. The van der Waals surface area contributed by atoms with Crippen LogP contribution in [-0.4, -0.2) is 64.7 Å². The van der Waals surface area contributed by atoms with Crippen molar-refractivity contribution in [3.8, 4) is 0 Å². The molecule has 0 spiro atoms. The van der Waals surface area contributed by atoms with Gasteiger partial charge < -0.3 is 30.6 Å². The van der Waals surface area contributed by atoms with Crippen LogP contribution in [0.1, 0.15) is 12.0 Å². The standard InChI is InChI=1S/C11H16N2O6/c14-9(4-8-2-1-3-12-5-8)6-10(15,16)7-13(9)11(17,18)19/h1-3,5,14-19H,4,6-7H2. The molecule has 1 atom stereocenters. The highest BCUT2D eigenvalue weighted by Gasteiger charge is 2.57. The predicted octanol–water partition coefficient (Wildman–Crippen LogP) is -2.71. The van der Waals surface area contributed by atoms with Crippen molar-refractivity contribution in [1.82, 2.24) is 9.88 Å². The van der Waals surface area contributed by atoms with E-state index < -0.39 is 30.6 Å². The second-order valence-electron chi connectivity index (χ2n) is 4.87. The van der Waals surface area contributed by atoms with E-state index in [0.717, 1.165) is 0 Å². The molecule has 0 amide bonds. The van der Waals surface area contributed by atoms with Crippen molar-refractivity contribution in [2.45, 2.75) is 30.5 Å². The van der Waals surface area contributed by atoms with Crippen molar-refractivity contribution >= 4 is 0 Å². The number of pyridine rings is 1. The zero-order chi connectivity index (χ0) is 14.3. The third-order valence-electron chi connectivity index (χ3n) is 3.05. The summed E-state index contributed by atoms with van der Waals surface area (Å²) in [5.41, 5.74) is -1.48. The van der Waals surface area contributed by atoms with Gasteiger partial charge in [-0.05, 0) is 11.6 Å². The van der Waals surface area contributed by atoms with E-state index in [9.17, 15) is 30.6 Å². The van der Waals surface area contributed by atoms with Crippen molar-refractivity contribution < 1.29 is 30.6 Å². The Bertz CT molecular complexity index is 446. The molecule has 1 aromatic heterocycles. The topological polar surface area (TPSA) is 138 Å². The smallest absolute Gasteiger partial charge is 0.348 e. The van der Waals surface area contributed by atoms with E-state index in [-0.39, 0.29) is 6.42 Å². The van der Waals surface area contributed by atoms with Gasteiger partial charge in [0, 0.05) is 25.2 Å². The van der Waals surface area contributed by atoms with Gasteiger partial charge in [-0.3, -0.25) is 4.98 Å². The first-order valence-electron chi connectivity index (χ1n) is 5.63. The van der Waals surface area contributed by atoms with E-state index in [1.165, 1.54) is 12.4 Å². The van der Waals surface area contributed by atoms with Crippen molar-refractivity contribution in [3.63, 3.8) is 0 Å². The Hall–Kier alpha value is -1.13. The minimum Gasteiger partial charge on any atom is -0.375 e. The first kappa shape index (κ1) is 14.3. The minimum atomic E-state index is -3.36. The number of hydrogen-bond acceptors (Lipinski definition) is 8. The number of aliphatic hydroxyl groups is 6. The number of β-amino-alcohol motifs (C(OH)–C–C–N with tert-alkyl or cyclic N) is 2. The normalized spacial score (nSPS) is 27.7. The summed E-state index contributed by atoms with van der Waals surface area (Å²) in [6.45, 7) is -0.715. The van der Waals surface area contributed by atoms with E-state index in [2.05, 4.69) is 4.98 Å². The number of nitrogens with zero attached hydrogens (tertiary/aromatic N) is 2. The summed E-state index contributed by atoms with van der Waals surface area (Å²) < 4.78 is 0. The molecule has 8 heteroatoms. The SMILES string of the molecule is OC1(O)CN(C(O)(O)O)C(O)(Cc2cccnc2)C1. The Balaban J connectivity index is 2.28. The van der Waals surface area contributed by atoms with Crippen LogP contribution in [0.2, 0.25) is 0 Å². The molecule has 0 aromatic carbocycles. The van der Waals surface area contributed by atoms with Gasteiger partial charge in [0.1, 0.15) is 5.72 Å². The summed E-state index contributed by atoms with van der Waals surface area (Å²) in [5.74, 6) is -2.34. The van der Waals surface area contributed by atoms with Crippen LogP contribution >= 0.6 is 0 Å². The lowest BCUT2D eigenvalue weighted by atomic mass is 10.00. The molecule has 1 fully saturated rings. The fourth-order valence-corrected chi connectivity index (χ4v) is 2.38. The second kappa shape index (κ2) is 4.46. The Morgan fingerprint density at radius 3 is 2.47 bits per heavy atom. The largest absolute Gasteiger partial charge is 0.375 e. The van der Waals surface area contributed by atoms with Crippen molar-refractivity contribution in [2.24, 2.45) is 0 Å². The average Bonchev–Trinajstić information content (AvgIpc) is 2.49. The van der Waals surface area contributed by atoms with Crippen LogP contribution < -0.4 is 0 Å². The zero-order valence-corrected chi connectivity index (χ0v) is 10.0. The lowest BCUT2D eigenvalue weighted by Crippen LogP contribution is -2.59. The summed E-state index contributed by atoms with van der Waals surface area (Å²) in [6.07, 6.45) is -1.12.